The summed E-state index contributed by atoms with van der Waals surface area (Å²) in [7, 11) is 0. The number of anilines is 1. The number of rotatable bonds is 1. The van der Waals surface area contributed by atoms with Crippen LogP contribution in [0.1, 0.15) is 10.5 Å². The second-order valence-electron chi connectivity index (χ2n) is 4.68. The number of piperazine rings is 1. The lowest BCUT2D eigenvalue weighted by Crippen LogP contribution is -2.46. The Morgan fingerprint density at radius 3 is 2.84 bits per heavy atom. The average molecular weight is 256 g/mol. The Balaban J connectivity index is 2.03. The summed E-state index contributed by atoms with van der Waals surface area (Å²) < 4.78 is 0. The van der Waals surface area contributed by atoms with Crippen molar-refractivity contribution in [3.8, 4) is 0 Å². The highest BCUT2D eigenvalue weighted by molar-refractivity contribution is 6.05. The summed E-state index contributed by atoms with van der Waals surface area (Å²) in [6, 6.07) is 7.46. The van der Waals surface area contributed by atoms with Crippen molar-refractivity contribution in [2.75, 3.05) is 31.9 Å². The summed E-state index contributed by atoms with van der Waals surface area (Å²) in [5, 5.41) is 5.05. The van der Waals surface area contributed by atoms with Crippen LogP contribution in [0.4, 0.5) is 5.69 Å². The Bertz CT molecular complexity index is 620. The fraction of sp³-hybridized carbons (Fsp3) is 0.286. The van der Waals surface area contributed by atoms with Crippen molar-refractivity contribution in [2.45, 2.75) is 0 Å². The molecule has 19 heavy (non-hydrogen) atoms. The summed E-state index contributed by atoms with van der Waals surface area (Å²) in [6.07, 6.45) is 1.67. The molecule has 1 saturated heterocycles. The monoisotopic (exact) mass is 256 g/mol. The lowest BCUT2D eigenvalue weighted by molar-refractivity contribution is 0.0732. The van der Waals surface area contributed by atoms with E-state index in [4.69, 9.17) is 5.73 Å². The second-order valence-corrected chi connectivity index (χ2v) is 4.68. The first kappa shape index (κ1) is 11.9. The van der Waals surface area contributed by atoms with E-state index in [1.54, 1.807) is 6.20 Å². The highest BCUT2D eigenvalue weighted by atomic mass is 16.2. The molecule has 5 heteroatoms. The van der Waals surface area contributed by atoms with Crippen molar-refractivity contribution in [1.82, 2.24) is 15.2 Å². The zero-order chi connectivity index (χ0) is 13.2. The molecule has 0 atom stereocenters. The van der Waals surface area contributed by atoms with Crippen molar-refractivity contribution in [3.63, 3.8) is 0 Å². The summed E-state index contributed by atoms with van der Waals surface area (Å²) in [5.74, 6) is -0.0160. The lowest BCUT2D eigenvalue weighted by Gasteiger charge is -2.27. The van der Waals surface area contributed by atoms with Crippen LogP contribution in [0.5, 0.6) is 0 Å². The van der Waals surface area contributed by atoms with Crippen LogP contribution >= 0.6 is 0 Å². The van der Waals surface area contributed by atoms with Crippen molar-refractivity contribution >= 4 is 22.4 Å². The number of aromatic nitrogens is 1. The molecule has 0 aliphatic carbocycles. The van der Waals surface area contributed by atoms with Gasteiger partial charge in [-0.2, -0.15) is 0 Å². The van der Waals surface area contributed by atoms with E-state index in [0.29, 0.717) is 11.4 Å². The largest absolute Gasteiger partial charge is 0.399 e. The number of hydrogen-bond acceptors (Lipinski definition) is 4. The van der Waals surface area contributed by atoms with Crippen molar-refractivity contribution in [2.24, 2.45) is 0 Å². The lowest BCUT2D eigenvalue weighted by atomic mass is 10.1. The van der Waals surface area contributed by atoms with Crippen LogP contribution in [0.15, 0.2) is 30.5 Å². The Kier molecular flexibility index (Phi) is 3.05. The number of carbonyl (C=O) groups excluding carboxylic acids is 1. The van der Waals surface area contributed by atoms with Gasteiger partial charge in [-0.15, -0.1) is 0 Å². The van der Waals surface area contributed by atoms with Crippen molar-refractivity contribution in [3.05, 3.63) is 36.2 Å². The van der Waals surface area contributed by atoms with Gasteiger partial charge in [0.25, 0.3) is 5.91 Å². The standard InChI is InChI=1S/C14H16N4O/c15-11-2-1-10-3-4-17-13(12(10)9-11)14(19)18-7-5-16-6-8-18/h1-4,9,16H,5-8,15H2. The molecule has 3 rings (SSSR count). The molecule has 1 aliphatic rings. The van der Waals surface area contributed by atoms with E-state index in [-0.39, 0.29) is 5.91 Å². The van der Waals surface area contributed by atoms with E-state index < -0.39 is 0 Å². The smallest absolute Gasteiger partial charge is 0.273 e. The van der Waals surface area contributed by atoms with Gasteiger partial charge in [-0.3, -0.25) is 9.78 Å². The summed E-state index contributed by atoms with van der Waals surface area (Å²) in [6.45, 7) is 3.11. The van der Waals surface area contributed by atoms with Crippen molar-refractivity contribution < 1.29 is 4.79 Å². The quantitative estimate of drug-likeness (QED) is 0.742. The van der Waals surface area contributed by atoms with Gasteiger partial charge in [0.1, 0.15) is 5.69 Å². The summed E-state index contributed by atoms with van der Waals surface area (Å²) >= 11 is 0. The van der Waals surface area contributed by atoms with Crippen LogP contribution < -0.4 is 11.1 Å². The fourth-order valence-corrected chi connectivity index (χ4v) is 2.37. The van der Waals surface area contributed by atoms with E-state index >= 15 is 0 Å². The Labute approximate surface area is 111 Å². The molecular weight excluding hydrogens is 240 g/mol. The van der Waals surface area contributed by atoms with Crippen LogP contribution in [0, 0.1) is 0 Å². The van der Waals surface area contributed by atoms with Crippen LogP contribution in [0.25, 0.3) is 10.8 Å². The molecule has 2 heterocycles. The molecule has 1 fully saturated rings. The molecule has 1 aromatic carbocycles. The molecule has 2 aromatic rings. The van der Waals surface area contributed by atoms with Gasteiger partial charge in [0, 0.05) is 43.4 Å². The Morgan fingerprint density at radius 1 is 1.26 bits per heavy atom. The second kappa shape index (κ2) is 4.85. The van der Waals surface area contributed by atoms with Gasteiger partial charge in [0.05, 0.1) is 0 Å². The minimum atomic E-state index is -0.0160. The van der Waals surface area contributed by atoms with Crippen LogP contribution in [-0.4, -0.2) is 42.0 Å². The maximum Gasteiger partial charge on any atom is 0.273 e. The molecule has 1 amide bonds. The maximum atomic E-state index is 12.5. The van der Waals surface area contributed by atoms with Crippen LogP contribution in [0.2, 0.25) is 0 Å². The minimum Gasteiger partial charge on any atom is -0.399 e. The third kappa shape index (κ3) is 2.24. The SMILES string of the molecule is Nc1ccc2ccnc(C(=O)N3CCNCC3)c2c1. The number of nitrogens with one attached hydrogen (secondary N) is 1. The predicted molar refractivity (Wildman–Crippen MR) is 74.9 cm³/mol. The first-order valence-corrected chi connectivity index (χ1v) is 6.40. The van der Waals surface area contributed by atoms with E-state index in [9.17, 15) is 4.79 Å². The zero-order valence-electron chi connectivity index (χ0n) is 10.6. The highest BCUT2D eigenvalue weighted by Crippen LogP contribution is 2.21. The summed E-state index contributed by atoms with van der Waals surface area (Å²) in [5.41, 5.74) is 6.95. The van der Waals surface area contributed by atoms with E-state index in [1.165, 1.54) is 0 Å². The topological polar surface area (TPSA) is 71.2 Å². The molecular formula is C14H16N4O. The number of fused-ring (bicyclic) bond motifs is 1. The molecule has 1 aromatic heterocycles. The number of pyridine rings is 1. The van der Waals surface area contributed by atoms with Gasteiger partial charge in [-0.25, -0.2) is 0 Å². The predicted octanol–water partition coefficient (Wildman–Crippen LogP) is 0.862. The van der Waals surface area contributed by atoms with Crippen molar-refractivity contribution in [1.29, 1.82) is 0 Å². The molecule has 0 unspecified atom stereocenters. The molecule has 0 radical (unpaired) electrons. The minimum absolute atomic E-state index is 0.0160. The molecule has 5 nitrogen and oxygen atoms in total. The average Bonchev–Trinajstić information content (AvgIpc) is 2.47. The molecule has 98 valence electrons. The molecule has 0 saturated carbocycles. The number of benzene rings is 1. The molecule has 0 spiro atoms. The van der Waals surface area contributed by atoms with Crippen LogP contribution in [0.3, 0.4) is 0 Å². The normalized spacial score (nSPS) is 15.7. The Hall–Kier alpha value is -2.14. The number of carbonyl (C=O) groups is 1. The van der Waals surface area contributed by atoms with E-state index in [2.05, 4.69) is 10.3 Å². The van der Waals surface area contributed by atoms with Gasteiger partial charge < -0.3 is 16.0 Å². The fourth-order valence-electron chi connectivity index (χ4n) is 2.37. The van der Waals surface area contributed by atoms with Gasteiger partial charge in [-0.05, 0) is 23.6 Å². The highest BCUT2D eigenvalue weighted by Gasteiger charge is 2.20. The number of hydrogen-bond donors (Lipinski definition) is 2. The molecule has 0 bridgehead atoms. The number of amides is 1. The van der Waals surface area contributed by atoms with Gasteiger partial charge >= 0.3 is 0 Å². The third-order valence-corrected chi connectivity index (χ3v) is 3.40. The number of nitrogens with two attached hydrogens (primary N) is 1. The van der Waals surface area contributed by atoms with Gasteiger partial charge in [0.15, 0.2) is 0 Å². The van der Waals surface area contributed by atoms with Gasteiger partial charge in [-0.1, -0.05) is 6.07 Å². The maximum absolute atomic E-state index is 12.5. The van der Waals surface area contributed by atoms with E-state index in [1.807, 2.05) is 29.2 Å². The Morgan fingerprint density at radius 2 is 2.05 bits per heavy atom. The molecule has 3 N–H and O–H groups in total. The van der Waals surface area contributed by atoms with Crippen LogP contribution in [-0.2, 0) is 0 Å². The first-order chi connectivity index (χ1) is 9.25. The van der Waals surface area contributed by atoms with E-state index in [0.717, 1.165) is 37.0 Å². The number of nitrogen functional groups attached to an aromatic ring is 1. The van der Waals surface area contributed by atoms with Gasteiger partial charge in [0.2, 0.25) is 0 Å². The third-order valence-electron chi connectivity index (χ3n) is 3.40. The zero-order valence-corrected chi connectivity index (χ0v) is 10.6. The molecule has 1 aliphatic heterocycles. The number of nitrogens with zero attached hydrogens (tertiary/aromatic N) is 2. The first-order valence-electron chi connectivity index (χ1n) is 6.40. The summed E-state index contributed by atoms with van der Waals surface area (Å²) in [4.78, 5) is 18.6.